The molecule has 138 valence electrons. The summed E-state index contributed by atoms with van der Waals surface area (Å²) in [5.41, 5.74) is 3.02. The second kappa shape index (κ2) is 8.19. The van der Waals surface area contributed by atoms with E-state index >= 15 is 0 Å². The highest BCUT2D eigenvalue weighted by Gasteiger charge is 2.15. The van der Waals surface area contributed by atoms with E-state index in [9.17, 15) is 4.79 Å². The summed E-state index contributed by atoms with van der Waals surface area (Å²) in [6.45, 7) is 8.06. The molecule has 0 unspecified atom stereocenters. The minimum Gasteiger partial charge on any atom is -0.484 e. The van der Waals surface area contributed by atoms with Crippen LogP contribution in [0.25, 0.3) is 0 Å². The van der Waals surface area contributed by atoms with Gasteiger partial charge in [-0.25, -0.2) is 4.98 Å². The molecule has 0 atom stereocenters. The molecule has 2 aromatic rings. The zero-order chi connectivity index (χ0) is 18.5. The molecular formula is C20H26N4O2. The summed E-state index contributed by atoms with van der Waals surface area (Å²) < 4.78 is 5.56. The lowest BCUT2D eigenvalue weighted by atomic mass is 10.1. The van der Waals surface area contributed by atoms with Crippen LogP contribution in [0.2, 0.25) is 0 Å². The van der Waals surface area contributed by atoms with E-state index in [-0.39, 0.29) is 12.5 Å². The monoisotopic (exact) mass is 354 g/mol. The summed E-state index contributed by atoms with van der Waals surface area (Å²) in [4.78, 5) is 21.1. The average molecular weight is 354 g/mol. The Morgan fingerprint density at radius 3 is 2.54 bits per heavy atom. The minimum absolute atomic E-state index is 0.0251. The number of carbonyl (C=O) groups excluding carboxylic acids is 1. The van der Waals surface area contributed by atoms with Crippen LogP contribution >= 0.6 is 0 Å². The van der Waals surface area contributed by atoms with Crippen molar-refractivity contribution in [1.29, 1.82) is 0 Å². The zero-order valence-corrected chi connectivity index (χ0v) is 15.7. The van der Waals surface area contributed by atoms with E-state index in [0.717, 1.165) is 37.6 Å². The van der Waals surface area contributed by atoms with Crippen molar-refractivity contribution < 1.29 is 9.53 Å². The van der Waals surface area contributed by atoms with Crippen LogP contribution in [-0.4, -0.2) is 55.6 Å². The number of rotatable bonds is 5. The van der Waals surface area contributed by atoms with Gasteiger partial charge in [0.1, 0.15) is 11.6 Å². The standard InChI is InChI=1S/C20H26N4O2/c1-15-4-6-18(12-16(15)2)26-14-20(25)22-17-5-7-19(21-13-17)24-10-8-23(3)9-11-24/h4-7,12-13H,8-11,14H2,1-3H3,(H,22,25). The summed E-state index contributed by atoms with van der Waals surface area (Å²) in [6.07, 6.45) is 1.70. The predicted octanol–water partition coefficient (Wildman–Crippen LogP) is 2.47. The van der Waals surface area contributed by atoms with Crippen LogP contribution in [0, 0.1) is 13.8 Å². The molecule has 1 aromatic carbocycles. The van der Waals surface area contributed by atoms with Gasteiger partial charge in [-0.05, 0) is 56.3 Å². The lowest BCUT2D eigenvalue weighted by molar-refractivity contribution is -0.118. The molecule has 2 heterocycles. The first-order valence-electron chi connectivity index (χ1n) is 8.91. The van der Waals surface area contributed by atoms with E-state index < -0.39 is 0 Å². The number of carbonyl (C=O) groups is 1. The van der Waals surface area contributed by atoms with Gasteiger partial charge in [0.15, 0.2) is 6.61 Å². The highest BCUT2D eigenvalue weighted by molar-refractivity contribution is 5.91. The number of nitrogens with one attached hydrogen (secondary N) is 1. The van der Waals surface area contributed by atoms with Crippen LogP contribution in [0.15, 0.2) is 36.5 Å². The molecule has 0 spiro atoms. The lowest BCUT2D eigenvalue weighted by Gasteiger charge is -2.33. The van der Waals surface area contributed by atoms with E-state index in [1.807, 2.05) is 44.2 Å². The number of hydrogen-bond donors (Lipinski definition) is 1. The molecule has 6 nitrogen and oxygen atoms in total. The van der Waals surface area contributed by atoms with Gasteiger partial charge < -0.3 is 19.9 Å². The molecule has 1 aliphatic heterocycles. The van der Waals surface area contributed by atoms with Crippen molar-refractivity contribution in [2.75, 3.05) is 50.1 Å². The lowest BCUT2D eigenvalue weighted by Crippen LogP contribution is -2.44. The fraction of sp³-hybridized carbons (Fsp3) is 0.400. The predicted molar refractivity (Wildman–Crippen MR) is 104 cm³/mol. The largest absolute Gasteiger partial charge is 0.484 e. The number of aromatic nitrogens is 1. The number of benzene rings is 1. The van der Waals surface area contributed by atoms with E-state index in [1.165, 1.54) is 5.56 Å². The van der Waals surface area contributed by atoms with Crippen LogP contribution in [0.1, 0.15) is 11.1 Å². The molecule has 1 fully saturated rings. The summed E-state index contributed by atoms with van der Waals surface area (Å²) >= 11 is 0. The number of hydrogen-bond acceptors (Lipinski definition) is 5. The Labute approximate surface area is 154 Å². The molecule has 26 heavy (non-hydrogen) atoms. The molecule has 1 saturated heterocycles. The van der Waals surface area contributed by atoms with Gasteiger partial charge in [-0.3, -0.25) is 4.79 Å². The van der Waals surface area contributed by atoms with Gasteiger partial charge in [0.2, 0.25) is 0 Å². The average Bonchev–Trinajstić information content (AvgIpc) is 2.64. The molecule has 0 saturated carbocycles. The topological polar surface area (TPSA) is 57.7 Å². The summed E-state index contributed by atoms with van der Waals surface area (Å²) in [5, 5.41) is 2.82. The third-order valence-electron chi connectivity index (χ3n) is 4.71. The SMILES string of the molecule is Cc1ccc(OCC(=O)Nc2ccc(N3CCN(C)CC3)nc2)cc1C. The van der Waals surface area contributed by atoms with Gasteiger partial charge in [-0.1, -0.05) is 6.07 Å². The maximum absolute atomic E-state index is 12.1. The van der Waals surface area contributed by atoms with Crippen LogP contribution in [0.3, 0.4) is 0 Å². The van der Waals surface area contributed by atoms with Crippen molar-refractivity contribution in [1.82, 2.24) is 9.88 Å². The van der Waals surface area contributed by atoms with Gasteiger partial charge >= 0.3 is 0 Å². The normalized spacial score (nSPS) is 15.0. The molecule has 1 amide bonds. The second-order valence-corrected chi connectivity index (χ2v) is 6.78. The molecule has 1 aromatic heterocycles. The molecule has 0 bridgehead atoms. The molecule has 1 N–H and O–H groups in total. The first-order chi connectivity index (χ1) is 12.5. The van der Waals surface area contributed by atoms with Crippen molar-refractivity contribution >= 4 is 17.4 Å². The van der Waals surface area contributed by atoms with Crippen LogP contribution < -0.4 is 15.0 Å². The first kappa shape index (κ1) is 18.2. The maximum atomic E-state index is 12.1. The number of piperazine rings is 1. The Morgan fingerprint density at radius 1 is 1.12 bits per heavy atom. The van der Waals surface area contributed by atoms with Crippen LogP contribution in [0.5, 0.6) is 5.75 Å². The molecule has 1 aliphatic rings. The van der Waals surface area contributed by atoms with E-state index in [1.54, 1.807) is 6.20 Å². The Morgan fingerprint density at radius 2 is 1.88 bits per heavy atom. The fourth-order valence-electron chi connectivity index (χ4n) is 2.83. The number of likely N-dealkylation sites (N-methyl/N-ethyl adjacent to an activating group) is 1. The third-order valence-corrected chi connectivity index (χ3v) is 4.71. The molecule has 3 rings (SSSR count). The van der Waals surface area contributed by atoms with E-state index in [2.05, 4.69) is 27.1 Å². The Bertz CT molecular complexity index is 753. The molecule has 6 heteroatoms. The van der Waals surface area contributed by atoms with E-state index in [0.29, 0.717) is 11.4 Å². The Kier molecular flexibility index (Phi) is 5.73. The fourth-order valence-corrected chi connectivity index (χ4v) is 2.83. The number of pyridine rings is 1. The maximum Gasteiger partial charge on any atom is 0.262 e. The van der Waals surface area contributed by atoms with Gasteiger partial charge in [0.05, 0.1) is 11.9 Å². The number of amides is 1. The van der Waals surface area contributed by atoms with Gasteiger partial charge in [-0.15, -0.1) is 0 Å². The number of aryl methyl sites for hydroxylation is 2. The Hall–Kier alpha value is -2.60. The first-order valence-corrected chi connectivity index (χ1v) is 8.91. The van der Waals surface area contributed by atoms with Gasteiger partial charge in [0, 0.05) is 26.2 Å². The molecule has 0 aliphatic carbocycles. The highest BCUT2D eigenvalue weighted by Crippen LogP contribution is 2.17. The number of ether oxygens (including phenoxy) is 1. The van der Waals surface area contributed by atoms with Crippen molar-refractivity contribution in [2.45, 2.75) is 13.8 Å². The third kappa shape index (κ3) is 4.73. The quantitative estimate of drug-likeness (QED) is 0.894. The van der Waals surface area contributed by atoms with Crippen molar-refractivity contribution in [3.8, 4) is 5.75 Å². The molecular weight excluding hydrogens is 328 g/mol. The minimum atomic E-state index is -0.197. The second-order valence-electron chi connectivity index (χ2n) is 6.78. The highest BCUT2D eigenvalue weighted by atomic mass is 16.5. The van der Waals surface area contributed by atoms with Crippen LogP contribution in [-0.2, 0) is 4.79 Å². The van der Waals surface area contributed by atoms with Crippen LogP contribution in [0.4, 0.5) is 11.5 Å². The van der Waals surface area contributed by atoms with Gasteiger partial charge in [-0.2, -0.15) is 0 Å². The number of nitrogens with zero attached hydrogens (tertiary/aromatic N) is 3. The van der Waals surface area contributed by atoms with Crippen molar-refractivity contribution in [3.63, 3.8) is 0 Å². The van der Waals surface area contributed by atoms with Gasteiger partial charge in [0.25, 0.3) is 5.91 Å². The Balaban J connectivity index is 1.50. The summed E-state index contributed by atoms with van der Waals surface area (Å²) in [7, 11) is 2.13. The summed E-state index contributed by atoms with van der Waals surface area (Å²) in [5.74, 6) is 1.45. The van der Waals surface area contributed by atoms with Crippen molar-refractivity contribution in [3.05, 3.63) is 47.7 Å². The van der Waals surface area contributed by atoms with E-state index in [4.69, 9.17) is 4.74 Å². The molecule has 0 radical (unpaired) electrons. The smallest absolute Gasteiger partial charge is 0.262 e. The van der Waals surface area contributed by atoms with Crippen molar-refractivity contribution in [2.24, 2.45) is 0 Å². The summed E-state index contributed by atoms with van der Waals surface area (Å²) in [6, 6.07) is 9.64. The zero-order valence-electron chi connectivity index (χ0n) is 15.7. The number of anilines is 2.